The van der Waals surface area contributed by atoms with E-state index in [0.717, 1.165) is 36.2 Å². The molecular weight excluding hydrogens is 340 g/mol. The highest BCUT2D eigenvalue weighted by Crippen LogP contribution is 2.23. The normalized spacial score (nSPS) is 28.2. The highest BCUT2D eigenvalue weighted by molar-refractivity contribution is 7.92. The number of sulfonamides is 1. The fourth-order valence-corrected chi connectivity index (χ4v) is 6.39. The van der Waals surface area contributed by atoms with Crippen LogP contribution in [0.15, 0.2) is 0 Å². The molecule has 0 aliphatic carbocycles. The quantitative estimate of drug-likeness (QED) is 0.694. The minimum Gasteiger partial charge on any atom is -0.339 e. The van der Waals surface area contributed by atoms with Crippen molar-refractivity contribution in [2.24, 2.45) is 0 Å². The molecule has 0 spiro atoms. The topological polar surface area (TPSA) is 91.8 Å². The third-order valence-corrected chi connectivity index (χ3v) is 7.78. The molecule has 0 N–H and O–H groups in total. The Kier molecular flexibility index (Phi) is 5.73. The number of piperidine rings is 1. The van der Waals surface area contributed by atoms with E-state index in [-0.39, 0.29) is 36.4 Å². The van der Waals surface area contributed by atoms with Crippen molar-refractivity contribution in [2.45, 2.75) is 51.1 Å². The van der Waals surface area contributed by atoms with E-state index >= 15 is 0 Å². The molecule has 2 rings (SSSR count). The lowest BCUT2D eigenvalue weighted by atomic mass is 10.00. The maximum atomic E-state index is 12.6. The van der Waals surface area contributed by atoms with Crippen LogP contribution in [0.2, 0.25) is 0 Å². The Morgan fingerprint density at radius 1 is 1.26 bits per heavy atom. The Labute approximate surface area is 139 Å². The minimum absolute atomic E-state index is 0.0147. The summed E-state index contributed by atoms with van der Waals surface area (Å²) in [4.78, 5) is 14.4. The lowest BCUT2D eigenvalue weighted by Crippen LogP contribution is -2.51. The highest BCUT2D eigenvalue weighted by Gasteiger charge is 2.38. The SMILES string of the molecule is CCC1CCCCN1C(=O)CN(C1CCS(=O)(=O)C1)S(C)(=O)=O. The van der Waals surface area contributed by atoms with E-state index < -0.39 is 25.9 Å². The number of amides is 1. The van der Waals surface area contributed by atoms with Gasteiger partial charge in [-0.2, -0.15) is 4.31 Å². The van der Waals surface area contributed by atoms with Crippen LogP contribution in [0.3, 0.4) is 0 Å². The first kappa shape index (κ1) is 18.7. The zero-order valence-corrected chi connectivity index (χ0v) is 15.4. The molecular formula is C14H26N2O5S2. The summed E-state index contributed by atoms with van der Waals surface area (Å²) in [6.07, 6.45) is 5.11. The summed E-state index contributed by atoms with van der Waals surface area (Å²) in [5.41, 5.74) is 0. The number of nitrogens with zero attached hydrogens (tertiary/aromatic N) is 2. The molecule has 134 valence electrons. The summed E-state index contributed by atoms with van der Waals surface area (Å²) < 4.78 is 48.5. The maximum Gasteiger partial charge on any atom is 0.238 e. The van der Waals surface area contributed by atoms with Crippen LogP contribution in [-0.2, 0) is 24.7 Å². The first-order valence-electron chi connectivity index (χ1n) is 8.11. The van der Waals surface area contributed by atoms with Gasteiger partial charge in [0.25, 0.3) is 0 Å². The Hall–Kier alpha value is -0.670. The van der Waals surface area contributed by atoms with Gasteiger partial charge >= 0.3 is 0 Å². The number of carbonyl (C=O) groups excluding carboxylic acids is 1. The second-order valence-corrected chi connectivity index (χ2v) is 10.7. The van der Waals surface area contributed by atoms with E-state index in [2.05, 4.69) is 0 Å². The fraction of sp³-hybridized carbons (Fsp3) is 0.929. The molecule has 2 aliphatic rings. The number of hydrogen-bond acceptors (Lipinski definition) is 5. The number of carbonyl (C=O) groups is 1. The molecule has 2 fully saturated rings. The molecule has 1 amide bonds. The standard InChI is InChI=1S/C14H26N2O5S2/c1-3-12-6-4-5-8-15(12)14(17)10-16(22(2,18)19)13-7-9-23(20,21)11-13/h12-13H,3-11H2,1-2H3. The predicted octanol–water partition coefficient (Wildman–Crippen LogP) is 0.226. The molecule has 2 aliphatic heterocycles. The molecule has 0 aromatic rings. The molecule has 0 aromatic heterocycles. The van der Waals surface area contributed by atoms with Crippen molar-refractivity contribution in [1.29, 1.82) is 0 Å². The van der Waals surface area contributed by atoms with Gasteiger partial charge < -0.3 is 4.90 Å². The Balaban J connectivity index is 2.13. The van der Waals surface area contributed by atoms with Gasteiger partial charge in [-0.25, -0.2) is 16.8 Å². The highest BCUT2D eigenvalue weighted by atomic mass is 32.2. The smallest absolute Gasteiger partial charge is 0.238 e. The van der Waals surface area contributed by atoms with Crippen LogP contribution in [0, 0.1) is 0 Å². The van der Waals surface area contributed by atoms with E-state index in [4.69, 9.17) is 0 Å². The van der Waals surface area contributed by atoms with Crippen molar-refractivity contribution in [3.8, 4) is 0 Å². The van der Waals surface area contributed by atoms with Crippen molar-refractivity contribution < 1.29 is 21.6 Å². The van der Waals surface area contributed by atoms with Crippen molar-refractivity contribution in [3.05, 3.63) is 0 Å². The lowest BCUT2D eigenvalue weighted by Gasteiger charge is -2.37. The third-order valence-electron chi connectivity index (χ3n) is 4.75. The van der Waals surface area contributed by atoms with Crippen molar-refractivity contribution in [1.82, 2.24) is 9.21 Å². The van der Waals surface area contributed by atoms with Gasteiger partial charge in [0.15, 0.2) is 9.84 Å². The molecule has 2 atom stereocenters. The van der Waals surface area contributed by atoms with Crippen molar-refractivity contribution in [3.63, 3.8) is 0 Å². The van der Waals surface area contributed by atoms with Gasteiger partial charge in [-0.1, -0.05) is 6.92 Å². The predicted molar refractivity (Wildman–Crippen MR) is 88.3 cm³/mol. The molecule has 0 radical (unpaired) electrons. The molecule has 7 nitrogen and oxygen atoms in total. The molecule has 2 saturated heterocycles. The van der Waals surface area contributed by atoms with Crippen LogP contribution >= 0.6 is 0 Å². The van der Waals surface area contributed by atoms with Crippen LogP contribution in [0.4, 0.5) is 0 Å². The summed E-state index contributed by atoms with van der Waals surface area (Å²) in [5.74, 6) is -0.421. The molecule has 2 heterocycles. The van der Waals surface area contributed by atoms with E-state index in [1.54, 1.807) is 4.90 Å². The number of rotatable bonds is 5. The zero-order chi connectivity index (χ0) is 17.3. The average Bonchev–Trinajstić information content (AvgIpc) is 2.83. The van der Waals surface area contributed by atoms with Gasteiger partial charge in [0.2, 0.25) is 15.9 Å². The van der Waals surface area contributed by atoms with Gasteiger partial charge in [0.1, 0.15) is 0 Å². The number of likely N-dealkylation sites (tertiary alicyclic amines) is 1. The van der Waals surface area contributed by atoms with Gasteiger partial charge in [0, 0.05) is 18.6 Å². The van der Waals surface area contributed by atoms with Gasteiger partial charge in [-0.15, -0.1) is 0 Å². The first-order valence-corrected chi connectivity index (χ1v) is 11.8. The first-order chi connectivity index (χ1) is 10.6. The molecule has 9 heteroatoms. The third kappa shape index (κ3) is 4.67. The van der Waals surface area contributed by atoms with Crippen molar-refractivity contribution >= 4 is 25.8 Å². The molecule has 23 heavy (non-hydrogen) atoms. The number of hydrogen-bond donors (Lipinski definition) is 0. The summed E-state index contributed by atoms with van der Waals surface area (Å²) in [6, 6.07) is -0.464. The van der Waals surface area contributed by atoms with Gasteiger partial charge in [0.05, 0.1) is 24.3 Å². The Bertz CT molecular complexity index is 644. The second kappa shape index (κ2) is 7.06. The van der Waals surface area contributed by atoms with E-state index in [9.17, 15) is 21.6 Å². The van der Waals surface area contributed by atoms with Crippen LogP contribution < -0.4 is 0 Å². The summed E-state index contributed by atoms with van der Waals surface area (Å²) >= 11 is 0. The fourth-order valence-electron chi connectivity index (χ4n) is 3.50. The van der Waals surface area contributed by atoms with Crippen LogP contribution in [0.1, 0.15) is 39.0 Å². The van der Waals surface area contributed by atoms with E-state index in [1.807, 2.05) is 6.92 Å². The molecule has 2 unspecified atom stereocenters. The van der Waals surface area contributed by atoms with Gasteiger partial charge in [-0.05, 0) is 32.1 Å². The lowest BCUT2D eigenvalue weighted by molar-refractivity contribution is -0.135. The Morgan fingerprint density at radius 2 is 1.96 bits per heavy atom. The molecule has 0 aromatic carbocycles. The Morgan fingerprint density at radius 3 is 2.48 bits per heavy atom. The van der Waals surface area contributed by atoms with Crippen LogP contribution in [0.5, 0.6) is 0 Å². The van der Waals surface area contributed by atoms with Crippen LogP contribution in [-0.4, -0.2) is 74.9 Å². The van der Waals surface area contributed by atoms with E-state index in [1.165, 1.54) is 0 Å². The van der Waals surface area contributed by atoms with E-state index in [0.29, 0.717) is 6.54 Å². The summed E-state index contributed by atoms with van der Waals surface area (Å²) in [7, 11) is -6.84. The average molecular weight is 367 g/mol. The largest absolute Gasteiger partial charge is 0.339 e. The number of sulfone groups is 1. The molecule has 0 bridgehead atoms. The maximum absolute atomic E-state index is 12.6. The summed E-state index contributed by atoms with van der Waals surface area (Å²) in [6.45, 7) is 2.42. The zero-order valence-electron chi connectivity index (χ0n) is 13.8. The van der Waals surface area contributed by atoms with Crippen molar-refractivity contribution in [2.75, 3.05) is 30.9 Å². The van der Waals surface area contributed by atoms with Gasteiger partial charge in [-0.3, -0.25) is 4.79 Å². The van der Waals surface area contributed by atoms with Crippen LogP contribution in [0.25, 0.3) is 0 Å². The second-order valence-electron chi connectivity index (χ2n) is 6.51. The monoisotopic (exact) mass is 366 g/mol. The molecule has 0 saturated carbocycles. The minimum atomic E-state index is -3.64. The summed E-state index contributed by atoms with van der Waals surface area (Å²) in [5, 5.41) is 0.